The van der Waals surface area contributed by atoms with Gasteiger partial charge in [0.2, 0.25) is 5.91 Å². The van der Waals surface area contributed by atoms with E-state index in [2.05, 4.69) is 5.32 Å². The van der Waals surface area contributed by atoms with Crippen molar-refractivity contribution in [2.75, 3.05) is 18.5 Å². The Kier molecular flexibility index (Phi) is 5.74. The molecule has 0 saturated heterocycles. The van der Waals surface area contributed by atoms with E-state index in [0.717, 1.165) is 5.69 Å². The molecule has 0 spiro atoms. The molecule has 0 radical (unpaired) electrons. The molecule has 0 saturated carbocycles. The van der Waals surface area contributed by atoms with Crippen LogP contribution >= 0.6 is 0 Å². The monoisotopic (exact) mass is 276 g/mol. The summed E-state index contributed by atoms with van der Waals surface area (Å²) in [6.07, 6.45) is 0. The molecule has 4 nitrogen and oxygen atoms in total. The molecule has 0 aliphatic heterocycles. The van der Waals surface area contributed by atoms with Gasteiger partial charge in [0.1, 0.15) is 0 Å². The van der Waals surface area contributed by atoms with E-state index in [1.807, 2.05) is 57.0 Å². The normalized spacial score (nSPS) is 12.1. The number of benzene rings is 1. The van der Waals surface area contributed by atoms with Crippen molar-refractivity contribution in [3.8, 4) is 0 Å². The summed E-state index contributed by atoms with van der Waals surface area (Å²) >= 11 is 0. The van der Waals surface area contributed by atoms with Crippen LogP contribution in [0.2, 0.25) is 0 Å². The van der Waals surface area contributed by atoms with Crippen LogP contribution < -0.4 is 10.2 Å². The molecule has 1 unspecified atom stereocenters. The third-order valence-electron chi connectivity index (χ3n) is 3.28. The van der Waals surface area contributed by atoms with Gasteiger partial charge in [0, 0.05) is 12.7 Å². The van der Waals surface area contributed by atoms with Crippen LogP contribution in [0.5, 0.6) is 0 Å². The Morgan fingerprint density at radius 1 is 1.20 bits per heavy atom. The highest BCUT2D eigenvalue weighted by molar-refractivity contribution is 5.89. The topological polar surface area (TPSA) is 49.4 Å². The van der Waals surface area contributed by atoms with Crippen LogP contribution in [0.15, 0.2) is 24.3 Å². The summed E-state index contributed by atoms with van der Waals surface area (Å²) < 4.78 is 0. The number of anilines is 1. The minimum Gasteiger partial charge on any atom is -0.365 e. The second kappa shape index (κ2) is 7.08. The zero-order chi connectivity index (χ0) is 15.3. The molecule has 1 aromatic carbocycles. The van der Waals surface area contributed by atoms with Gasteiger partial charge < -0.3 is 10.2 Å². The fourth-order valence-corrected chi connectivity index (χ4v) is 2.06. The number of Topliss-reactive ketones (excluding diaryl/α,β-unsaturated/α-hetero) is 1. The summed E-state index contributed by atoms with van der Waals surface area (Å²) in [6, 6.07) is 7.57. The number of ketones is 1. The van der Waals surface area contributed by atoms with E-state index in [1.165, 1.54) is 12.5 Å². The minimum absolute atomic E-state index is 0.00802. The highest BCUT2D eigenvalue weighted by atomic mass is 16.2. The number of hydrogen-bond donors (Lipinski definition) is 1. The van der Waals surface area contributed by atoms with Gasteiger partial charge in [-0.25, -0.2) is 0 Å². The molecule has 1 rings (SSSR count). The number of aryl methyl sites for hydroxylation is 1. The summed E-state index contributed by atoms with van der Waals surface area (Å²) in [5, 5.41) is 2.80. The number of nitrogens with one attached hydrogen (secondary N) is 1. The van der Waals surface area contributed by atoms with E-state index in [9.17, 15) is 9.59 Å². The number of amides is 1. The van der Waals surface area contributed by atoms with Crippen molar-refractivity contribution < 1.29 is 9.59 Å². The van der Waals surface area contributed by atoms with Crippen molar-refractivity contribution in [2.24, 2.45) is 5.92 Å². The van der Waals surface area contributed by atoms with Crippen molar-refractivity contribution in [3.05, 3.63) is 29.8 Å². The molecule has 0 aliphatic carbocycles. The number of carbonyl (C=O) groups excluding carboxylic acids is 2. The fraction of sp³-hybridized carbons (Fsp3) is 0.500. The molecule has 4 heteroatoms. The first-order valence-electron chi connectivity index (χ1n) is 6.89. The van der Waals surface area contributed by atoms with E-state index < -0.39 is 6.04 Å². The van der Waals surface area contributed by atoms with E-state index >= 15 is 0 Å². The maximum atomic E-state index is 12.0. The number of carbonyl (C=O) groups is 2. The number of likely N-dealkylation sites (N-methyl/N-ethyl adjacent to an activating group) is 1. The smallest absolute Gasteiger partial charge is 0.240 e. The van der Waals surface area contributed by atoms with Crippen LogP contribution in [-0.2, 0) is 9.59 Å². The maximum absolute atomic E-state index is 12.0. The molecular weight excluding hydrogens is 252 g/mol. The zero-order valence-electron chi connectivity index (χ0n) is 12.9. The van der Waals surface area contributed by atoms with E-state index in [1.54, 1.807) is 0 Å². The lowest BCUT2D eigenvalue weighted by Gasteiger charge is -2.23. The number of hydrogen-bond acceptors (Lipinski definition) is 3. The van der Waals surface area contributed by atoms with Gasteiger partial charge >= 0.3 is 0 Å². The first-order valence-corrected chi connectivity index (χ1v) is 6.89. The molecule has 20 heavy (non-hydrogen) atoms. The molecule has 1 N–H and O–H groups in total. The quantitative estimate of drug-likeness (QED) is 0.866. The van der Waals surface area contributed by atoms with Crippen LogP contribution in [-0.4, -0.2) is 31.3 Å². The molecule has 1 aromatic rings. The minimum atomic E-state index is -0.408. The Bertz CT molecular complexity index is 466. The zero-order valence-corrected chi connectivity index (χ0v) is 12.9. The van der Waals surface area contributed by atoms with E-state index in [0.29, 0.717) is 0 Å². The van der Waals surface area contributed by atoms with Gasteiger partial charge in [-0.05, 0) is 31.9 Å². The predicted molar refractivity (Wildman–Crippen MR) is 81.9 cm³/mol. The van der Waals surface area contributed by atoms with Crippen molar-refractivity contribution in [2.45, 2.75) is 33.7 Å². The van der Waals surface area contributed by atoms with Crippen LogP contribution in [0.4, 0.5) is 5.69 Å². The molecular formula is C16H24N2O2. The average molecular weight is 276 g/mol. The Morgan fingerprint density at radius 2 is 1.75 bits per heavy atom. The van der Waals surface area contributed by atoms with E-state index in [4.69, 9.17) is 0 Å². The van der Waals surface area contributed by atoms with Gasteiger partial charge in [-0.15, -0.1) is 0 Å². The molecule has 0 heterocycles. The lowest BCUT2D eigenvalue weighted by molar-refractivity contribution is -0.127. The van der Waals surface area contributed by atoms with Gasteiger partial charge in [0.25, 0.3) is 0 Å². The molecule has 0 fully saturated rings. The summed E-state index contributed by atoms with van der Waals surface area (Å²) in [6.45, 7) is 7.62. The summed E-state index contributed by atoms with van der Waals surface area (Å²) in [4.78, 5) is 25.4. The predicted octanol–water partition coefficient (Wildman–Crippen LogP) is 2.16. The Labute approximate surface area is 121 Å². The standard InChI is InChI=1S/C16H24N2O2/c1-11(2)16(13(4)19)17-15(20)10-18(5)14-8-6-12(3)7-9-14/h6-9,11,16H,10H2,1-5H3,(H,17,20). The van der Waals surface area contributed by atoms with Crippen LogP contribution in [0, 0.1) is 12.8 Å². The summed E-state index contributed by atoms with van der Waals surface area (Å²) in [5.41, 5.74) is 2.16. The fourth-order valence-electron chi connectivity index (χ4n) is 2.06. The van der Waals surface area contributed by atoms with Gasteiger partial charge in [-0.3, -0.25) is 9.59 Å². The van der Waals surface area contributed by atoms with Gasteiger partial charge in [-0.1, -0.05) is 31.5 Å². The molecule has 1 atom stereocenters. The van der Waals surface area contributed by atoms with Gasteiger partial charge in [0.05, 0.1) is 12.6 Å². The third kappa shape index (κ3) is 4.68. The summed E-state index contributed by atoms with van der Waals surface area (Å²) in [7, 11) is 1.86. The third-order valence-corrected chi connectivity index (χ3v) is 3.28. The molecule has 0 bridgehead atoms. The SMILES string of the molecule is CC(=O)C(NC(=O)CN(C)c1ccc(C)cc1)C(C)C. The second-order valence-electron chi connectivity index (χ2n) is 5.59. The highest BCUT2D eigenvalue weighted by Gasteiger charge is 2.21. The Balaban J connectivity index is 2.61. The number of rotatable bonds is 6. The van der Waals surface area contributed by atoms with Crippen LogP contribution in [0.3, 0.4) is 0 Å². The summed E-state index contributed by atoms with van der Waals surface area (Å²) in [5.74, 6) is -0.0468. The first kappa shape index (κ1) is 16.2. The maximum Gasteiger partial charge on any atom is 0.240 e. The van der Waals surface area contributed by atoms with Crippen LogP contribution in [0.1, 0.15) is 26.3 Å². The highest BCUT2D eigenvalue weighted by Crippen LogP contribution is 2.13. The lowest BCUT2D eigenvalue weighted by atomic mass is 10.0. The molecule has 0 aromatic heterocycles. The van der Waals surface area contributed by atoms with Gasteiger partial charge in [-0.2, -0.15) is 0 Å². The van der Waals surface area contributed by atoms with Crippen molar-refractivity contribution in [1.82, 2.24) is 5.32 Å². The average Bonchev–Trinajstić information content (AvgIpc) is 2.35. The van der Waals surface area contributed by atoms with Crippen molar-refractivity contribution in [3.63, 3.8) is 0 Å². The van der Waals surface area contributed by atoms with Crippen LogP contribution in [0.25, 0.3) is 0 Å². The molecule has 0 aliphatic rings. The lowest BCUT2D eigenvalue weighted by Crippen LogP contribution is -2.46. The van der Waals surface area contributed by atoms with Crippen molar-refractivity contribution in [1.29, 1.82) is 0 Å². The molecule has 110 valence electrons. The first-order chi connectivity index (χ1) is 9.31. The largest absolute Gasteiger partial charge is 0.365 e. The second-order valence-corrected chi connectivity index (χ2v) is 5.59. The Morgan fingerprint density at radius 3 is 2.20 bits per heavy atom. The van der Waals surface area contributed by atoms with E-state index in [-0.39, 0.29) is 24.2 Å². The Hall–Kier alpha value is -1.84. The molecule has 1 amide bonds. The van der Waals surface area contributed by atoms with Gasteiger partial charge in [0.15, 0.2) is 5.78 Å². The number of nitrogens with zero attached hydrogens (tertiary/aromatic N) is 1. The van der Waals surface area contributed by atoms with Crippen molar-refractivity contribution >= 4 is 17.4 Å².